The molecule has 0 bridgehead atoms. The second kappa shape index (κ2) is 9.25. The minimum atomic E-state index is -0.323. The third kappa shape index (κ3) is 4.72. The first kappa shape index (κ1) is 21.5. The molecular formula is C25H24FN5OS. The van der Waals surface area contributed by atoms with Crippen LogP contribution in [0.3, 0.4) is 0 Å². The molecule has 1 aliphatic rings. The van der Waals surface area contributed by atoms with E-state index in [1.807, 2.05) is 22.4 Å². The highest BCUT2D eigenvalue weighted by molar-refractivity contribution is 7.13. The van der Waals surface area contributed by atoms with Crippen molar-refractivity contribution in [2.45, 2.75) is 13.5 Å². The van der Waals surface area contributed by atoms with Crippen LogP contribution in [0.25, 0.3) is 16.4 Å². The van der Waals surface area contributed by atoms with E-state index in [-0.39, 0.29) is 17.5 Å². The van der Waals surface area contributed by atoms with Crippen molar-refractivity contribution in [2.24, 2.45) is 0 Å². The molecule has 0 radical (unpaired) electrons. The van der Waals surface area contributed by atoms with E-state index in [9.17, 15) is 9.18 Å². The molecule has 3 heterocycles. The number of carbonyl (C=O) groups excluding carboxylic acids is 1. The summed E-state index contributed by atoms with van der Waals surface area (Å²) in [6.45, 7) is 5.84. The van der Waals surface area contributed by atoms with Crippen molar-refractivity contribution in [3.8, 4) is 16.4 Å². The Morgan fingerprint density at radius 3 is 2.52 bits per heavy atom. The lowest BCUT2D eigenvalue weighted by Gasteiger charge is -2.34. The van der Waals surface area contributed by atoms with Crippen molar-refractivity contribution in [1.82, 2.24) is 24.6 Å². The molecular weight excluding hydrogens is 437 g/mol. The highest BCUT2D eigenvalue weighted by Gasteiger charge is 2.27. The van der Waals surface area contributed by atoms with E-state index in [0.717, 1.165) is 24.5 Å². The molecule has 0 unspecified atom stereocenters. The molecule has 0 spiro atoms. The van der Waals surface area contributed by atoms with Gasteiger partial charge in [0.1, 0.15) is 5.82 Å². The summed E-state index contributed by atoms with van der Waals surface area (Å²) in [4.78, 5) is 22.9. The number of aryl methyl sites for hydroxylation is 1. The van der Waals surface area contributed by atoms with Gasteiger partial charge in [-0.2, -0.15) is 0 Å². The number of halogens is 1. The van der Waals surface area contributed by atoms with Gasteiger partial charge in [-0.25, -0.2) is 14.1 Å². The standard InChI is InChI=1S/C25H24FN5OS/c1-18-4-2-5-19(16-18)17-29-11-13-30(14-12-29)25(32)23-27-24(22-6-3-15-33-22)31(28-23)21-9-7-20(26)8-10-21/h2-10,15-16H,11-14,17H2,1H3. The van der Waals surface area contributed by atoms with E-state index in [4.69, 9.17) is 0 Å². The van der Waals surface area contributed by atoms with E-state index >= 15 is 0 Å². The average molecular weight is 462 g/mol. The number of hydrogen-bond acceptors (Lipinski definition) is 5. The molecule has 1 aliphatic heterocycles. The van der Waals surface area contributed by atoms with Crippen molar-refractivity contribution in [3.05, 3.63) is 88.8 Å². The first-order valence-corrected chi connectivity index (χ1v) is 11.8. The van der Waals surface area contributed by atoms with Crippen LogP contribution in [0.15, 0.2) is 66.0 Å². The van der Waals surface area contributed by atoms with Gasteiger partial charge in [-0.15, -0.1) is 16.4 Å². The van der Waals surface area contributed by atoms with Crippen molar-refractivity contribution >= 4 is 17.2 Å². The van der Waals surface area contributed by atoms with E-state index in [1.165, 1.54) is 34.6 Å². The molecule has 0 N–H and O–H groups in total. The Morgan fingerprint density at radius 2 is 1.82 bits per heavy atom. The molecule has 0 aliphatic carbocycles. The Kier molecular flexibility index (Phi) is 6.02. The smallest absolute Gasteiger partial charge is 0.293 e. The monoisotopic (exact) mass is 461 g/mol. The third-order valence-electron chi connectivity index (χ3n) is 5.76. The summed E-state index contributed by atoms with van der Waals surface area (Å²) in [5.74, 6) is 0.244. The number of thiophene rings is 1. The van der Waals surface area contributed by atoms with Gasteiger partial charge >= 0.3 is 0 Å². The fourth-order valence-electron chi connectivity index (χ4n) is 4.05. The van der Waals surface area contributed by atoms with Crippen LogP contribution in [0.4, 0.5) is 4.39 Å². The second-order valence-corrected chi connectivity index (χ2v) is 9.13. The van der Waals surface area contributed by atoms with E-state index < -0.39 is 0 Å². The second-order valence-electron chi connectivity index (χ2n) is 8.18. The van der Waals surface area contributed by atoms with Crippen LogP contribution in [0.5, 0.6) is 0 Å². The lowest BCUT2D eigenvalue weighted by Crippen LogP contribution is -2.48. The molecule has 0 saturated carbocycles. The van der Waals surface area contributed by atoms with Crippen molar-refractivity contribution < 1.29 is 9.18 Å². The van der Waals surface area contributed by atoms with Crippen LogP contribution in [-0.4, -0.2) is 56.7 Å². The summed E-state index contributed by atoms with van der Waals surface area (Å²) < 4.78 is 15.1. The van der Waals surface area contributed by atoms with Gasteiger partial charge in [0.25, 0.3) is 5.91 Å². The van der Waals surface area contributed by atoms with Gasteiger partial charge in [0.05, 0.1) is 10.6 Å². The Hall–Kier alpha value is -3.36. The molecule has 33 heavy (non-hydrogen) atoms. The maximum absolute atomic E-state index is 13.4. The zero-order chi connectivity index (χ0) is 22.8. The summed E-state index contributed by atoms with van der Waals surface area (Å²) in [5, 5.41) is 6.47. The van der Waals surface area contributed by atoms with E-state index in [0.29, 0.717) is 24.6 Å². The van der Waals surface area contributed by atoms with Crippen LogP contribution in [0.1, 0.15) is 21.7 Å². The van der Waals surface area contributed by atoms with Gasteiger partial charge in [0.15, 0.2) is 5.82 Å². The fourth-order valence-corrected chi connectivity index (χ4v) is 4.75. The number of hydrogen-bond donors (Lipinski definition) is 0. The van der Waals surface area contributed by atoms with E-state index in [2.05, 4.69) is 46.2 Å². The molecule has 2 aromatic heterocycles. The van der Waals surface area contributed by atoms with Gasteiger partial charge in [-0.3, -0.25) is 9.69 Å². The lowest BCUT2D eigenvalue weighted by molar-refractivity contribution is 0.0616. The highest BCUT2D eigenvalue weighted by Crippen LogP contribution is 2.26. The number of rotatable bonds is 5. The highest BCUT2D eigenvalue weighted by atomic mass is 32.1. The van der Waals surface area contributed by atoms with Gasteiger partial charge in [0.2, 0.25) is 5.82 Å². The zero-order valence-corrected chi connectivity index (χ0v) is 19.1. The SMILES string of the molecule is Cc1cccc(CN2CCN(C(=O)c3nc(-c4cccs4)n(-c4ccc(F)cc4)n3)CC2)c1. The molecule has 1 saturated heterocycles. The predicted octanol–water partition coefficient (Wildman–Crippen LogP) is 4.40. The van der Waals surface area contributed by atoms with Gasteiger partial charge in [-0.05, 0) is 48.2 Å². The molecule has 4 aromatic rings. The van der Waals surface area contributed by atoms with Crippen LogP contribution in [0, 0.1) is 12.7 Å². The largest absolute Gasteiger partial charge is 0.333 e. The Bertz CT molecular complexity index is 1240. The molecule has 0 atom stereocenters. The first-order valence-electron chi connectivity index (χ1n) is 10.9. The summed E-state index contributed by atoms with van der Waals surface area (Å²) in [5.41, 5.74) is 3.20. The molecule has 8 heteroatoms. The van der Waals surface area contributed by atoms with Crippen LogP contribution in [0.2, 0.25) is 0 Å². The molecule has 5 rings (SSSR count). The Morgan fingerprint density at radius 1 is 1.03 bits per heavy atom. The minimum Gasteiger partial charge on any atom is -0.333 e. The number of piperazine rings is 1. The minimum absolute atomic E-state index is 0.162. The topological polar surface area (TPSA) is 54.3 Å². The Balaban J connectivity index is 1.33. The molecule has 1 amide bonds. The molecule has 2 aromatic carbocycles. The molecule has 6 nitrogen and oxygen atoms in total. The summed E-state index contributed by atoms with van der Waals surface area (Å²) in [7, 11) is 0. The van der Waals surface area contributed by atoms with Crippen molar-refractivity contribution in [2.75, 3.05) is 26.2 Å². The third-order valence-corrected chi connectivity index (χ3v) is 6.63. The summed E-state index contributed by atoms with van der Waals surface area (Å²) in [6, 6.07) is 18.4. The van der Waals surface area contributed by atoms with Crippen LogP contribution >= 0.6 is 11.3 Å². The quantitative estimate of drug-likeness (QED) is 0.442. The van der Waals surface area contributed by atoms with Crippen molar-refractivity contribution in [3.63, 3.8) is 0 Å². The van der Waals surface area contributed by atoms with Gasteiger partial charge in [0, 0.05) is 32.7 Å². The van der Waals surface area contributed by atoms with Gasteiger partial charge in [-0.1, -0.05) is 35.9 Å². The number of amides is 1. The summed E-state index contributed by atoms with van der Waals surface area (Å²) >= 11 is 1.52. The predicted molar refractivity (Wildman–Crippen MR) is 127 cm³/mol. The number of aromatic nitrogens is 3. The van der Waals surface area contributed by atoms with Gasteiger partial charge < -0.3 is 4.90 Å². The lowest BCUT2D eigenvalue weighted by atomic mass is 10.1. The number of carbonyl (C=O) groups is 1. The maximum atomic E-state index is 13.4. The van der Waals surface area contributed by atoms with Crippen LogP contribution in [-0.2, 0) is 6.54 Å². The fraction of sp³-hybridized carbons (Fsp3) is 0.240. The normalized spacial score (nSPS) is 14.5. The van der Waals surface area contributed by atoms with Crippen molar-refractivity contribution in [1.29, 1.82) is 0 Å². The molecule has 168 valence electrons. The van der Waals surface area contributed by atoms with E-state index in [1.54, 1.807) is 16.8 Å². The number of nitrogens with zero attached hydrogens (tertiary/aromatic N) is 5. The Labute approximate surface area is 195 Å². The maximum Gasteiger partial charge on any atom is 0.293 e. The number of benzene rings is 2. The zero-order valence-electron chi connectivity index (χ0n) is 18.3. The summed E-state index contributed by atoms with van der Waals surface area (Å²) in [6.07, 6.45) is 0. The average Bonchev–Trinajstić information content (AvgIpc) is 3.50. The van der Waals surface area contributed by atoms with Crippen LogP contribution < -0.4 is 0 Å². The first-order chi connectivity index (χ1) is 16.1. The molecule has 1 fully saturated rings.